The maximum atomic E-state index is 8.63. The van der Waals surface area contributed by atoms with E-state index in [0.29, 0.717) is 6.61 Å². The first-order valence-electron chi connectivity index (χ1n) is 9.53. The lowest BCUT2D eigenvalue weighted by molar-refractivity contribution is -0.314. The normalized spacial score (nSPS) is 22.8. The van der Waals surface area contributed by atoms with Gasteiger partial charge in [-0.1, -0.05) is 72.8 Å². The number of aliphatic hydroxyl groups is 1. The number of benzene rings is 2. The standard InChI is InChI=1S/C18H18O.C6H12O4/c1-3-17(15-11-7-5-8-12-15)19-18(4-2)16-13-9-6-10-14-16;1-6(8-2)9-4-5(3-7)10-6/h3-14,17-18H,1-2H2;5,7H,3-4H2,1-2H3. The average molecular weight is 398 g/mol. The van der Waals surface area contributed by atoms with Crippen LogP contribution in [0.2, 0.25) is 0 Å². The van der Waals surface area contributed by atoms with Crippen molar-refractivity contribution in [1.82, 2.24) is 0 Å². The molecule has 0 bridgehead atoms. The summed E-state index contributed by atoms with van der Waals surface area (Å²) in [7, 11) is 1.50. The first kappa shape index (κ1) is 23.0. The van der Waals surface area contributed by atoms with Gasteiger partial charge >= 0.3 is 0 Å². The summed E-state index contributed by atoms with van der Waals surface area (Å²) >= 11 is 0. The summed E-state index contributed by atoms with van der Waals surface area (Å²) in [5, 5.41) is 8.63. The van der Waals surface area contributed by atoms with E-state index in [1.807, 2.05) is 72.8 Å². The van der Waals surface area contributed by atoms with Crippen LogP contribution in [0.15, 0.2) is 86.0 Å². The molecule has 0 saturated carbocycles. The molecule has 3 rings (SSSR count). The van der Waals surface area contributed by atoms with Crippen LogP contribution in [0, 0.1) is 0 Å². The molecule has 0 aromatic heterocycles. The van der Waals surface area contributed by atoms with Gasteiger partial charge in [0, 0.05) is 14.0 Å². The summed E-state index contributed by atoms with van der Waals surface area (Å²) in [6.07, 6.45) is 3.11. The minimum Gasteiger partial charge on any atom is -0.394 e. The lowest BCUT2D eigenvalue weighted by Crippen LogP contribution is -2.29. The Hall–Kier alpha value is -2.28. The summed E-state index contributed by atoms with van der Waals surface area (Å²) in [5.41, 5.74) is 2.19. The third-order valence-electron chi connectivity index (χ3n) is 4.46. The summed E-state index contributed by atoms with van der Waals surface area (Å²) in [4.78, 5) is 0. The van der Waals surface area contributed by atoms with Gasteiger partial charge in [0.05, 0.1) is 13.2 Å². The second-order valence-corrected chi connectivity index (χ2v) is 6.57. The Morgan fingerprint density at radius 2 is 1.52 bits per heavy atom. The average Bonchev–Trinajstić information content (AvgIpc) is 3.18. The third kappa shape index (κ3) is 6.92. The van der Waals surface area contributed by atoms with Crippen molar-refractivity contribution in [3.63, 3.8) is 0 Å². The molecule has 2 aromatic carbocycles. The zero-order valence-corrected chi connectivity index (χ0v) is 17.1. The van der Waals surface area contributed by atoms with E-state index in [2.05, 4.69) is 13.2 Å². The molecule has 156 valence electrons. The van der Waals surface area contributed by atoms with E-state index >= 15 is 0 Å². The predicted molar refractivity (Wildman–Crippen MR) is 113 cm³/mol. The number of ether oxygens (including phenoxy) is 4. The molecule has 0 spiro atoms. The molecule has 5 nitrogen and oxygen atoms in total. The SMILES string of the molecule is C=CC(OC(C=C)c1ccccc1)c1ccccc1.COC1(C)OCC(CO)O1. The zero-order chi connectivity index (χ0) is 21.1. The maximum Gasteiger partial charge on any atom is 0.280 e. The molecule has 1 aliphatic heterocycles. The Morgan fingerprint density at radius 1 is 1.03 bits per heavy atom. The molecule has 1 heterocycles. The molecule has 29 heavy (non-hydrogen) atoms. The van der Waals surface area contributed by atoms with E-state index in [1.165, 1.54) is 7.11 Å². The summed E-state index contributed by atoms with van der Waals surface area (Å²) in [5.74, 6) is -0.951. The number of hydrogen-bond donors (Lipinski definition) is 1. The molecule has 0 radical (unpaired) electrons. The van der Waals surface area contributed by atoms with Gasteiger partial charge in [-0.05, 0) is 11.1 Å². The number of hydrogen-bond acceptors (Lipinski definition) is 5. The number of rotatable bonds is 8. The van der Waals surface area contributed by atoms with Crippen molar-refractivity contribution in [2.75, 3.05) is 20.3 Å². The molecule has 0 aliphatic carbocycles. The fourth-order valence-electron chi connectivity index (χ4n) is 2.80. The van der Waals surface area contributed by atoms with Gasteiger partial charge in [-0.3, -0.25) is 0 Å². The van der Waals surface area contributed by atoms with Crippen LogP contribution >= 0.6 is 0 Å². The Kier molecular flexibility index (Phi) is 9.25. The van der Waals surface area contributed by atoms with E-state index in [0.717, 1.165) is 11.1 Å². The van der Waals surface area contributed by atoms with Crippen molar-refractivity contribution in [2.24, 2.45) is 0 Å². The van der Waals surface area contributed by atoms with Crippen LogP contribution in [0.5, 0.6) is 0 Å². The van der Waals surface area contributed by atoms with Gasteiger partial charge in [0.2, 0.25) is 0 Å². The predicted octanol–water partition coefficient (Wildman–Crippen LogP) is 4.57. The highest BCUT2D eigenvalue weighted by atomic mass is 16.9. The molecule has 4 unspecified atom stereocenters. The first-order chi connectivity index (χ1) is 14.0. The quantitative estimate of drug-likeness (QED) is 0.660. The topological polar surface area (TPSA) is 57.2 Å². The smallest absolute Gasteiger partial charge is 0.280 e. The van der Waals surface area contributed by atoms with Crippen LogP contribution in [0.3, 0.4) is 0 Å². The highest BCUT2D eigenvalue weighted by molar-refractivity contribution is 5.24. The van der Waals surface area contributed by atoms with Crippen molar-refractivity contribution in [2.45, 2.75) is 31.2 Å². The van der Waals surface area contributed by atoms with Gasteiger partial charge < -0.3 is 24.1 Å². The molecule has 2 aromatic rings. The number of methoxy groups -OCH3 is 1. The Balaban J connectivity index is 0.000000253. The van der Waals surface area contributed by atoms with Crippen LogP contribution < -0.4 is 0 Å². The highest BCUT2D eigenvalue weighted by Gasteiger charge is 2.36. The highest BCUT2D eigenvalue weighted by Crippen LogP contribution is 2.28. The Morgan fingerprint density at radius 3 is 1.83 bits per heavy atom. The molecule has 5 heteroatoms. The fraction of sp³-hybridized carbons (Fsp3) is 0.333. The van der Waals surface area contributed by atoms with Crippen LogP contribution in [0.1, 0.15) is 30.3 Å². The molecule has 0 amide bonds. The summed E-state index contributed by atoms with van der Waals surface area (Å²) < 4.78 is 21.2. The maximum absolute atomic E-state index is 8.63. The first-order valence-corrected chi connectivity index (χ1v) is 9.53. The van der Waals surface area contributed by atoms with Gasteiger partial charge in [0.25, 0.3) is 5.97 Å². The molecule has 1 fully saturated rings. The van der Waals surface area contributed by atoms with Crippen molar-refractivity contribution < 1.29 is 24.1 Å². The van der Waals surface area contributed by atoms with E-state index in [9.17, 15) is 0 Å². The van der Waals surface area contributed by atoms with Crippen molar-refractivity contribution in [3.8, 4) is 0 Å². The van der Waals surface area contributed by atoms with E-state index in [-0.39, 0.29) is 24.9 Å². The lowest BCUT2D eigenvalue weighted by atomic mass is 10.1. The van der Waals surface area contributed by atoms with E-state index in [1.54, 1.807) is 6.92 Å². The molecule has 1 saturated heterocycles. The van der Waals surface area contributed by atoms with Crippen LogP contribution in [0.4, 0.5) is 0 Å². The number of aliphatic hydroxyl groups excluding tert-OH is 1. The molecule has 1 aliphatic rings. The van der Waals surface area contributed by atoms with Gasteiger partial charge in [0.15, 0.2) is 0 Å². The Labute approximate surface area is 173 Å². The molecule has 1 N–H and O–H groups in total. The van der Waals surface area contributed by atoms with Gasteiger partial charge in [-0.2, -0.15) is 0 Å². The second-order valence-electron chi connectivity index (χ2n) is 6.57. The minimum absolute atomic E-state index is 0.0288. The van der Waals surface area contributed by atoms with Gasteiger partial charge in [0.1, 0.15) is 18.3 Å². The van der Waals surface area contributed by atoms with Crippen molar-refractivity contribution in [3.05, 3.63) is 97.1 Å². The van der Waals surface area contributed by atoms with E-state index in [4.69, 9.17) is 24.1 Å². The fourth-order valence-corrected chi connectivity index (χ4v) is 2.80. The molecule has 4 atom stereocenters. The van der Waals surface area contributed by atoms with Gasteiger partial charge in [-0.15, -0.1) is 13.2 Å². The largest absolute Gasteiger partial charge is 0.394 e. The van der Waals surface area contributed by atoms with Crippen LogP contribution in [0.25, 0.3) is 0 Å². The second kappa shape index (κ2) is 11.7. The summed E-state index contributed by atoms with van der Waals surface area (Å²) in [6, 6.07) is 20.1. The Bertz CT molecular complexity index is 684. The zero-order valence-electron chi connectivity index (χ0n) is 17.1. The van der Waals surface area contributed by atoms with E-state index < -0.39 is 5.97 Å². The molecular weight excluding hydrogens is 368 g/mol. The van der Waals surface area contributed by atoms with Crippen molar-refractivity contribution >= 4 is 0 Å². The van der Waals surface area contributed by atoms with Crippen molar-refractivity contribution in [1.29, 1.82) is 0 Å². The summed E-state index contributed by atoms with van der Waals surface area (Å²) in [6.45, 7) is 9.75. The monoisotopic (exact) mass is 398 g/mol. The third-order valence-corrected chi connectivity index (χ3v) is 4.46. The lowest BCUT2D eigenvalue weighted by Gasteiger charge is -2.21. The van der Waals surface area contributed by atoms with Crippen LogP contribution in [-0.4, -0.2) is 37.5 Å². The minimum atomic E-state index is -0.951. The molecular formula is C24H30O5. The van der Waals surface area contributed by atoms with Crippen LogP contribution in [-0.2, 0) is 18.9 Å². The van der Waals surface area contributed by atoms with Gasteiger partial charge in [-0.25, -0.2) is 0 Å².